The van der Waals surface area contributed by atoms with Crippen molar-refractivity contribution in [1.29, 1.82) is 0 Å². The maximum atomic E-state index is 12.2. The lowest BCUT2D eigenvalue weighted by molar-refractivity contribution is 0.0763. The lowest BCUT2D eigenvalue weighted by atomic mass is 10.2. The molecule has 3 nitrogen and oxygen atoms in total. The van der Waals surface area contributed by atoms with Crippen LogP contribution < -0.4 is 0 Å². The molecule has 3 heteroatoms. The molecule has 1 heterocycles. The highest BCUT2D eigenvalue weighted by atomic mass is 16.2. The average molecular weight is 218 g/mol. The van der Waals surface area contributed by atoms with E-state index in [1.54, 1.807) is 0 Å². The van der Waals surface area contributed by atoms with Crippen LogP contribution in [0.4, 0.5) is 0 Å². The maximum absolute atomic E-state index is 12.2. The van der Waals surface area contributed by atoms with Gasteiger partial charge in [-0.1, -0.05) is 18.2 Å². The number of benzene rings is 1. The molecule has 0 bridgehead atoms. The SMILES string of the molecule is CN1CCCN(C(=O)c2ccccc2)CC1. The maximum Gasteiger partial charge on any atom is 0.253 e. The largest absolute Gasteiger partial charge is 0.337 e. The van der Waals surface area contributed by atoms with E-state index in [-0.39, 0.29) is 5.91 Å². The third-order valence-electron chi connectivity index (χ3n) is 3.03. The molecule has 0 aromatic heterocycles. The third-order valence-corrected chi connectivity index (χ3v) is 3.03. The second kappa shape index (κ2) is 5.12. The first-order chi connectivity index (χ1) is 7.77. The Bertz CT molecular complexity index is 350. The Morgan fingerprint density at radius 2 is 1.81 bits per heavy atom. The molecule has 1 amide bonds. The number of amides is 1. The lowest BCUT2D eigenvalue weighted by Crippen LogP contribution is -2.34. The fraction of sp³-hybridized carbons (Fsp3) is 0.462. The van der Waals surface area contributed by atoms with E-state index in [1.807, 2.05) is 35.2 Å². The van der Waals surface area contributed by atoms with Crippen LogP contribution in [0.3, 0.4) is 0 Å². The van der Waals surface area contributed by atoms with E-state index in [9.17, 15) is 4.79 Å². The van der Waals surface area contributed by atoms with Gasteiger partial charge in [0.25, 0.3) is 5.91 Å². The van der Waals surface area contributed by atoms with Crippen LogP contribution in [-0.4, -0.2) is 48.9 Å². The number of rotatable bonds is 1. The number of likely N-dealkylation sites (N-methyl/N-ethyl adjacent to an activating group) is 1. The highest BCUT2D eigenvalue weighted by Gasteiger charge is 2.18. The quantitative estimate of drug-likeness (QED) is 0.712. The molecule has 16 heavy (non-hydrogen) atoms. The summed E-state index contributed by atoms with van der Waals surface area (Å²) in [5.41, 5.74) is 0.798. The van der Waals surface area contributed by atoms with Gasteiger partial charge in [-0.05, 0) is 32.1 Å². The van der Waals surface area contributed by atoms with Crippen molar-refractivity contribution in [1.82, 2.24) is 9.80 Å². The third kappa shape index (κ3) is 2.61. The molecular weight excluding hydrogens is 200 g/mol. The molecular formula is C13H18N2O. The van der Waals surface area contributed by atoms with Crippen molar-refractivity contribution in [2.24, 2.45) is 0 Å². The Hall–Kier alpha value is -1.35. The topological polar surface area (TPSA) is 23.6 Å². The molecule has 1 saturated heterocycles. The minimum atomic E-state index is 0.163. The van der Waals surface area contributed by atoms with Gasteiger partial charge >= 0.3 is 0 Å². The van der Waals surface area contributed by atoms with Crippen molar-refractivity contribution in [3.05, 3.63) is 35.9 Å². The van der Waals surface area contributed by atoms with E-state index in [2.05, 4.69) is 11.9 Å². The predicted molar refractivity (Wildman–Crippen MR) is 64.5 cm³/mol. The number of carbonyl (C=O) groups excluding carboxylic acids is 1. The van der Waals surface area contributed by atoms with E-state index in [0.29, 0.717) is 0 Å². The zero-order valence-corrected chi connectivity index (χ0v) is 9.72. The van der Waals surface area contributed by atoms with Crippen molar-refractivity contribution in [3.63, 3.8) is 0 Å². The lowest BCUT2D eigenvalue weighted by Gasteiger charge is -2.20. The Balaban J connectivity index is 2.04. The number of carbonyl (C=O) groups is 1. The number of hydrogen-bond donors (Lipinski definition) is 0. The minimum Gasteiger partial charge on any atom is -0.337 e. The van der Waals surface area contributed by atoms with Gasteiger partial charge in [0, 0.05) is 25.2 Å². The summed E-state index contributed by atoms with van der Waals surface area (Å²) in [5, 5.41) is 0. The zero-order chi connectivity index (χ0) is 11.4. The molecule has 0 spiro atoms. The van der Waals surface area contributed by atoms with Gasteiger partial charge in [0.2, 0.25) is 0 Å². The second-order valence-electron chi connectivity index (χ2n) is 4.32. The van der Waals surface area contributed by atoms with Crippen LogP contribution in [0.5, 0.6) is 0 Å². The van der Waals surface area contributed by atoms with Crippen molar-refractivity contribution >= 4 is 5.91 Å². The summed E-state index contributed by atoms with van der Waals surface area (Å²) < 4.78 is 0. The number of nitrogens with zero attached hydrogens (tertiary/aromatic N) is 2. The van der Waals surface area contributed by atoms with E-state index < -0.39 is 0 Å². The standard InChI is InChI=1S/C13H18N2O/c1-14-8-5-9-15(11-10-14)13(16)12-6-3-2-4-7-12/h2-4,6-7H,5,8-11H2,1H3. The minimum absolute atomic E-state index is 0.163. The first-order valence-corrected chi connectivity index (χ1v) is 5.80. The molecule has 86 valence electrons. The van der Waals surface area contributed by atoms with Crippen LogP contribution in [-0.2, 0) is 0 Å². The summed E-state index contributed by atoms with van der Waals surface area (Å²) in [6.45, 7) is 3.76. The second-order valence-corrected chi connectivity index (χ2v) is 4.32. The van der Waals surface area contributed by atoms with Gasteiger partial charge in [-0.2, -0.15) is 0 Å². The van der Waals surface area contributed by atoms with E-state index in [0.717, 1.165) is 38.2 Å². The molecule has 1 aromatic carbocycles. The van der Waals surface area contributed by atoms with Gasteiger partial charge in [-0.25, -0.2) is 0 Å². The summed E-state index contributed by atoms with van der Waals surface area (Å²) in [4.78, 5) is 16.4. The van der Waals surface area contributed by atoms with Crippen LogP contribution in [0.15, 0.2) is 30.3 Å². The molecule has 1 aromatic rings. The van der Waals surface area contributed by atoms with Gasteiger partial charge in [0.15, 0.2) is 0 Å². The molecule has 0 N–H and O–H groups in total. The monoisotopic (exact) mass is 218 g/mol. The fourth-order valence-corrected chi connectivity index (χ4v) is 2.01. The molecule has 0 atom stereocenters. The summed E-state index contributed by atoms with van der Waals surface area (Å²) in [6, 6.07) is 9.54. The van der Waals surface area contributed by atoms with Crippen LogP contribution in [0.25, 0.3) is 0 Å². The number of hydrogen-bond acceptors (Lipinski definition) is 2. The molecule has 0 saturated carbocycles. The Kier molecular flexibility index (Phi) is 3.57. The fourth-order valence-electron chi connectivity index (χ4n) is 2.01. The Morgan fingerprint density at radius 3 is 2.56 bits per heavy atom. The highest BCUT2D eigenvalue weighted by molar-refractivity contribution is 5.94. The normalized spacial score (nSPS) is 18.2. The van der Waals surface area contributed by atoms with E-state index in [1.165, 1.54) is 0 Å². The van der Waals surface area contributed by atoms with E-state index >= 15 is 0 Å². The van der Waals surface area contributed by atoms with Gasteiger partial charge in [0.05, 0.1) is 0 Å². The van der Waals surface area contributed by atoms with Gasteiger partial charge in [0.1, 0.15) is 0 Å². The molecule has 0 unspecified atom stereocenters. The summed E-state index contributed by atoms with van der Waals surface area (Å²) in [7, 11) is 2.11. The van der Waals surface area contributed by atoms with Crippen LogP contribution in [0.1, 0.15) is 16.8 Å². The van der Waals surface area contributed by atoms with Crippen LogP contribution in [0, 0.1) is 0 Å². The zero-order valence-electron chi connectivity index (χ0n) is 9.72. The molecule has 0 aliphatic carbocycles. The molecule has 2 rings (SSSR count). The van der Waals surface area contributed by atoms with Crippen molar-refractivity contribution < 1.29 is 4.79 Å². The van der Waals surface area contributed by atoms with Crippen molar-refractivity contribution in [2.45, 2.75) is 6.42 Å². The summed E-state index contributed by atoms with van der Waals surface area (Å²) in [6.07, 6.45) is 1.06. The first-order valence-electron chi connectivity index (χ1n) is 5.80. The smallest absolute Gasteiger partial charge is 0.253 e. The van der Waals surface area contributed by atoms with Crippen molar-refractivity contribution in [3.8, 4) is 0 Å². The first kappa shape index (κ1) is 11.1. The Labute approximate surface area is 96.7 Å². The van der Waals surface area contributed by atoms with Gasteiger partial charge in [-0.3, -0.25) is 4.79 Å². The Morgan fingerprint density at radius 1 is 1.06 bits per heavy atom. The summed E-state index contributed by atoms with van der Waals surface area (Å²) in [5.74, 6) is 0.163. The van der Waals surface area contributed by atoms with E-state index in [4.69, 9.17) is 0 Å². The highest BCUT2D eigenvalue weighted by Crippen LogP contribution is 2.08. The van der Waals surface area contributed by atoms with Crippen LogP contribution in [0.2, 0.25) is 0 Å². The average Bonchev–Trinajstić information content (AvgIpc) is 2.54. The van der Waals surface area contributed by atoms with Crippen molar-refractivity contribution in [2.75, 3.05) is 33.2 Å². The van der Waals surface area contributed by atoms with Gasteiger partial charge in [-0.15, -0.1) is 0 Å². The molecule has 0 radical (unpaired) electrons. The predicted octanol–water partition coefficient (Wildman–Crippen LogP) is 1.46. The summed E-state index contributed by atoms with van der Waals surface area (Å²) >= 11 is 0. The molecule has 1 aliphatic heterocycles. The molecule has 1 aliphatic rings. The molecule has 1 fully saturated rings. The van der Waals surface area contributed by atoms with Gasteiger partial charge < -0.3 is 9.80 Å². The van der Waals surface area contributed by atoms with Crippen LogP contribution >= 0.6 is 0 Å².